The smallest absolute Gasteiger partial charge is 0.285 e. The molecule has 0 radical (unpaired) electrons. The Morgan fingerprint density at radius 3 is 2.52 bits per heavy atom. The number of benzene rings is 2. The lowest BCUT2D eigenvalue weighted by Gasteiger charge is -2.32. The van der Waals surface area contributed by atoms with Crippen LogP contribution in [0.25, 0.3) is 0 Å². The molecule has 2 N–H and O–H groups in total. The Hall–Kier alpha value is -2.86. The Morgan fingerprint density at radius 1 is 1.19 bits per heavy atom. The van der Waals surface area contributed by atoms with Gasteiger partial charge in [-0.15, -0.1) is 0 Å². The van der Waals surface area contributed by atoms with Crippen molar-refractivity contribution in [3.63, 3.8) is 0 Å². The zero-order valence-corrected chi connectivity index (χ0v) is 16.3. The lowest BCUT2D eigenvalue weighted by molar-refractivity contribution is -0.908. The largest absolute Gasteiger partial charge is 0.378 e. The van der Waals surface area contributed by atoms with E-state index in [0.717, 1.165) is 22.8 Å². The van der Waals surface area contributed by atoms with Crippen LogP contribution in [0.2, 0.25) is 0 Å². The first-order valence-electron chi connectivity index (χ1n) is 9.15. The highest BCUT2D eigenvalue weighted by Gasteiger charge is 2.33. The summed E-state index contributed by atoms with van der Waals surface area (Å²) in [5.74, 6) is -0.203. The number of quaternary nitrogens is 1. The Bertz CT molecular complexity index is 832. The van der Waals surface area contributed by atoms with Crippen molar-refractivity contribution in [2.24, 2.45) is 0 Å². The molecular formula is C21H27N4O2+. The van der Waals surface area contributed by atoms with E-state index >= 15 is 0 Å². The summed E-state index contributed by atoms with van der Waals surface area (Å²) in [5.41, 5.74) is 3.77. The molecule has 2 aromatic rings. The average Bonchev–Trinajstić information content (AvgIpc) is 2.66. The third-order valence-corrected chi connectivity index (χ3v) is 5.08. The van der Waals surface area contributed by atoms with Gasteiger partial charge in [0.25, 0.3) is 5.91 Å². The third kappa shape index (κ3) is 4.11. The Kier molecular flexibility index (Phi) is 5.46. The molecule has 2 aromatic carbocycles. The number of anilines is 3. The second-order valence-electron chi connectivity index (χ2n) is 7.30. The minimum Gasteiger partial charge on any atom is -0.378 e. The monoisotopic (exact) mass is 367 g/mol. The molecule has 142 valence electrons. The number of hydrogen-bond acceptors (Lipinski definition) is 3. The Balaban J connectivity index is 1.72. The molecule has 3 rings (SSSR count). The summed E-state index contributed by atoms with van der Waals surface area (Å²) < 4.78 is 0. The standard InChI is InChI=1S/C21H26N4O2/c1-15(24(4)13-16-9-11-17(12-10-16)23(2)3)21(27)25-14-20(26)22-18-7-5-6-8-19(18)25/h5-12,15H,13-14H2,1-4H3,(H,22,26)/p+1/t15-/m0/s1. The van der Waals surface area contributed by atoms with Crippen molar-refractivity contribution in [1.82, 2.24) is 0 Å². The fraction of sp³-hybridized carbons (Fsp3) is 0.333. The van der Waals surface area contributed by atoms with Crippen LogP contribution in [0.1, 0.15) is 12.5 Å². The van der Waals surface area contributed by atoms with Gasteiger partial charge in [-0.05, 0) is 31.2 Å². The van der Waals surface area contributed by atoms with Crippen LogP contribution in [-0.4, -0.2) is 45.5 Å². The zero-order valence-electron chi connectivity index (χ0n) is 16.3. The van der Waals surface area contributed by atoms with Gasteiger partial charge in [0, 0.05) is 25.3 Å². The molecule has 0 fully saturated rings. The van der Waals surface area contributed by atoms with Gasteiger partial charge in [-0.3, -0.25) is 14.5 Å². The predicted octanol–water partition coefficient (Wildman–Crippen LogP) is 1.14. The Labute approximate surface area is 160 Å². The van der Waals surface area contributed by atoms with E-state index in [-0.39, 0.29) is 24.4 Å². The molecule has 0 bridgehead atoms. The molecule has 27 heavy (non-hydrogen) atoms. The van der Waals surface area contributed by atoms with Crippen molar-refractivity contribution < 1.29 is 14.5 Å². The molecular weight excluding hydrogens is 340 g/mol. The summed E-state index contributed by atoms with van der Waals surface area (Å²) >= 11 is 0. The van der Waals surface area contributed by atoms with Crippen molar-refractivity contribution in [3.05, 3.63) is 54.1 Å². The van der Waals surface area contributed by atoms with Gasteiger partial charge in [-0.1, -0.05) is 24.3 Å². The number of rotatable bonds is 5. The Morgan fingerprint density at radius 2 is 1.85 bits per heavy atom. The molecule has 6 nitrogen and oxygen atoms in total. The second-order valence-corrected chi connectivity index (χ2v) is 7.30. The van der Waals surface area contributed by atoms with E-state index in [9.17, 15) is 9.59 Å². The van der Waals surface area contributed by atoms with Crippen molar-refractivity contribution in [1.29, 1.82) is 0 Å². The van der Waals surface area contributed by atoms with Gasteiger partial charge in [-0.2, -0.15) is 0 Å². The van der Waals surface area contributed by atoms with Crippen molar-refractivity contribution in [3.8, 4) is 0 Å². The normalized spacial score (nSPS) is 15.6. The van der Waals surface area contributed by atoms with Gasteiger partial charge in [-0.25, -0.2) is 0 Å². The lowest BCUT2D eigenvalue weighted by Crippen LogP contribution is -3.12. The first-order valence-corrected chi connectivity index (χ1v) is 9.15. The van der Waals surface area contributed by atoms with Crippen LogP contribution in [0.5, 0.6) is 0 Å². The molecule has 2 amide bonds. The number of fused-ring (bicyclic) bond motifs is 1. The van der Waals surface area contributed by atoms with Crippen molar-refractivity contribution in [2.75, 3.05) is 42.8 Å². The van der Waals surface area contributed by atoms with Crippen LogP contribution in [0.4, 0.5) is 17.1 Å². The quantitative estimate of drug-likeness (QED) is 0.833. The number of amides is 2. The van der Waals surface area contributed by atoms with Crippen LogP contribution in [0.15, 0.2) is 48.5 Å². The SMILES string of the molecule is C[C@@H](C(=O)N1CC(=O)Nc2ccccc21)[NH+](C)Cc1ccc(N(C)C)cc1. The van der Waals surface area contributed by atoms with Gasteiger partial charge in [0.05, 0.1) is 18.4 Å². The van der Waals surface area contributed by atoms with E-state index in [1.165, 1.54) is 5.56 Å². The maximum Gasteiger partial charge on any atom is 0.285 e. The number of para-hydroxylation sites is 2. The predicted molar refractivity (Wildman–Crippen MR) is 108 cm³/mol. The third-order valence-electron chi connectivity index (χ3n) is 5.08. The highest BCUT2D eigenvalue weighted by molar-refractivity contribution is 6.10. The molecule has 2 atom stereocenters. The minimum absolute atomic E-state index is 0.0419. The number of nitrogens with zero attached hydrogens (tertiary/aromatic N) is 2. The molecule has 0 saturated heterocycles. The van der Waals surface area contributed by atoms with Gasteiger partial charge in [0.15, 0.2) is 6.04 Å². The van der Waals surface area contributed by atoms with E-state index in [1.807, 2.05) is 52.3 Å². The van der Waals surface area contributed by atoms with Gasteiger partial charge in [0.2, 0.25) is 5.91 Å². The highest BCUT2D eigenvalue weighted by atomic mass is 16.2. The average molecular weight is 367 g/mol. The summed E-state index contributed by atoms with van der Waals surface area (Å²) in [5, 5.41) is 2.82. The maximum atomic E-state index is 13.1. The molecule has 0 saturated carbocycles. The van der Waals surface area contributed by atoms with E-state index in [0.29, 0.717) is 5.69 Å². The van der Waals surface area contributed by atoms with E-state index in [1.54, 1.807) is 4.90 Å². The summed E-state index contributed by atoms with van der Waals surface area (Å²) in [7, 11) is 6.04. The second kappa shape index (κ2) is 7.80. The van der Waals surface area contributed by atoms with Crippen LogP contribution in [0.3, 0.4) is 0 Å². The van der Waals surface area contributed by atoms with E-state index < -0.39 is 0 Å². The fourth-order valence-corrected chi connectivity index (χ4v) is 3.26. The molecule has 1 aliphatic rings. The van der Waals surface area contributed by atoms with E-state index in [4.69, 9.17) is 0 Å². The maximum absolute atomic E-state index is 13.1. The molecule has 1 heterocycles. The first kappa shape index (κ1) is 18.9. The van der Waals surface area contributed by atoms with Crippen LogP contribution in [-0.2, 0) is 16.1 Å². The molecule has 6 heteroatoms. The highest BCUT2D eigenvalue weighted by Crippen LogP contribution is 2.29. The molecule has 1 unspecified atom stereocenters. The summed E-state index contributed by atoms with van der Waals surface area (Å²) in [6, 6.07) is 15.5. The number of carbonyl (C=O) groups excluding carboxylic acids is 2. The summed E-state index contributed by atoms with van der Waals surface area (Å²) in [4.78, 5) is 29.8. The van der Waals surface area contributed by atoms with Gasteiger partial charge >= 0.3 is 0 Å². The fourth-order valence-electron chi connectivity index (χ4n) is 3.26. The summed E-state index contributed by atoms with van der Waals surface area (Å²) in [6.07, 6.45) is 0. The minimum atomic E-state index is -0.266. The topological polar surface area (TPSA) is 57.1 Å². The molecule has 0 aromatic heterocycles. The number of hydrogen-bond donors (Lipinski definition) is 2. The number of likely N-dealkylation sites (N-methyl/N-ethyl adjacent to an activating group) is 1. The molecule has 1 aliphatic heterocycles. The van der Waals surface area contributed by atoms with E-state index in [2.05, 4.69) is 34.5 Å². The zero-order chi connectivity index (χ0) is 19.6. The van der Waals surface area contributed by atoms with Gasteiger partial charge < -0.3 is 15.1 Å². The van der Waals surface area contributed by atoms with Crippen molar-refractivity contribution >= 4 is 28.9 Å². The van der Waals surface area contributed by atoms with Crippen LogP contribution in [0, 0.1) is 0 Å². The number of nitrogens with one attached hydrogen (secondary N) is 2. The lowest BCUT2D eigenvalue weighted by atomic mass is 10.1. The first-order chi connectivity index (χ1) is 12.9. The summed E-state index contributed by atoms with van der Waals surface area (Å²) in [6.45, 7) is 2.72. The number of carbonyl (C=O) groups is 2. The van der Waals surface area contributed by atoms with Crippen molar-refractivity contribution in [2.45, 2.75) is 19.5 Å². The molecule has 0 spiro atoms. The van der Waals surface area contributed by atoms with Gasteiger partial charge in [0.1, 0.15) is 13.1 Å². The molecule has 0 aliphatic carbocycles. The van der Waals surface area contributed by atoms with Crippen LogP contribution >= 0.6 is 0 Å². The van der Waals surface area contributed by atoms with Crippen LogP contribution < -0.4 is 20.0 Å².